The summed E-state index contributed by atoms with van der Waals surface area (Å²) in [6.07, 6.45) is 1.76. The van der Waals surface area contributed by atoms with Crippen molar-refractivity contribution in [3.8, 4) is 0 Å². The van der Waals surface area contributed by atoms with Crippen molar-refractivity contribution in [2.75, 3.05) is 20.1 Å². The van der Waals surface area contributed by atoms with Crippen molar-refractivity contribution in [2.24, 2.45) is 21.5 Å². The molecule has 74 valence electrons. The zero-order valence-electron chi connectivity index (χ0n) is 7.66. The van der Waals surface area contributed by atoms with Crippen LogP contribution >= 0.6 is 0 Å². The number of hydrogen-bond donors (Lipinski definition) is 3. The first-order valence-electron chi connectivity index (χ1n) is 3.95. The molecule has 0 aliphatic rings. The van der Waals surface area contributed by atoms with E-state index < -0.39 is 0 Å². The Kier molecular flexibility index (Phi) is 6.44. The highest BCUT2D eigenvalue weighted by Crippen LogP contribution is 1.80. The average molecular weight is 185 g/mol. The number of hydrogen-bond acceptors (Lipinski definition) is 3. The van der Waals surface area contributed by atoms with Crippen molar-refractivity contribution < 1.29 is 4.79 Å². The first kappa shape index (κ1) is 11.6. The first-order valence-corrected chi connectivity index (χ1v) is 3.95. The molecule has 13 heavy (non-hydrogen) atoms. The molecule has 0 aliphatic carbocycles. The van der Waals surface area contributed by atoms with Gasteiger partial charge in [-0.05, 0) is 13.0 Å². The van der Waals surface area contributed by atoms with Gasteiger partial charge in [0.15, 0.2) is 0 Å². The third-order valence-electron chi connectivity index (χ3n) is 1.28. The van der Waals surface area contributed by atoms with E-state index in [4.69, 9.17) is 11.5 Å². The summed E-state index contributed by atoms with van der Waals surface area (Å²) >= 11 is 0. The summed E-state index contributed by atoms with van der Waals surface area (Å²) in [5, 5.41) is 2.60. The van der Waals surface area contributed by atoms with Gasteiger partial charge in [-0.15, -0.1) is 0 Å². The zero-order valence-corrected chi connectivity index (χ0v) is 7.66. The van der Waals surface area contributed by atoms with Crippen molar-refractivity contribution in [1.29, 1.82) is 0 Å². The molecule has 0 fully saturated rings. The number of amides is 1. The standard InChI is InChI=1S/C7H15N5O/c1-10-6(12-5-9)7(13)11-4-2-3-8/h5H,2-4,8H2,1H3,(H,11,13)(H2,9,10,12). The van der Waals surface area contributed by atoms with Crippen LogP contribution in [0.2, 0.25) is 0 Å². The number of nitrogens with two attached hydrogens (primary N) is 2. The smallest absolute Gasteiger partial charge is 0.288 e. The van der Waals surface area contributed by atoms with Crippen LogP contribution < -0.4 is 16.8 Å². The van der Waals surface area contributed by atoms with Gasteiger partial charge in [0, 0.05) is 13.6 Å². The molecule has 1 amide bonds. The number of rotatable bonds is 3. The lowest BCUT2D eigenvalue weighted by molar-refractivity contribution is -0.114. The second-order valence-corrected chi connectivity index (χ2v) is 2.22. The van der Waals surface area contributed by atoms with Gasteiger partial charge in [0.1, 0.15) is 0 Å². The average Bonchev–Trinajstić information content (AvgIpc) is 2.14. The molecule has 0 atom stereocenters. The highest BCUT2D eigenvalue weighted by molar-refractivity contribution is 6.39. The third-order valence-corrected chi connectivity index (χ3v) is 1.28. The molecule has 0 spiro atoms. The molecule has 0 heterocycles. The summed E-state index contributed by atoms with van der Waals surface area (Å²) in [4.78, 5) is 18.4. The molecule has 0 unspecified atom stereocenters. The Bertz CT molecular complexity index is 211. The van der Waals surface area contributed by atoms with Crippen LogP contribution in [0.5, 0.6) is 0 Å². The molecule has 0 saturated carbocycles. The van der Waals surface area contributed by atoms with Crippen molar-refractivity contribution in [2.45, 2.75) is 6.42 Å². The normalized spacial score (nSPS) is 12.0. The van der Waals surface area contributed by atoms with E-state index >= 15 is 0 Å². The summed E-state index contributed by atoms with van der Waals surface area (Å²) in [5.41, 5.74) is 10.3. The van der Waals surface area contributed by atoms with Gasteiger partial charge in [0.2, 0.25) is 5.84 Å². The maximum atomic E-state index is 11.2. The first-order chi connectivity index (χ1) is 6.26. The van der Waals surface area contributed by atoms with E-state index in [9.17, 15) is 4.79 Å². The van der Waals surface area contributed by atoms with Crippen LogP contribution in [0.25, 0.3) is 0 Å². The second kappa shape index (κ2) is 7.23. The third kappa shape index (κ3) is 4.91. The largest absolute Gasteiger partial charge is 0.390 e. The minimum Gasteiger partial charge on any atom is -0.390 e. The molecule has 6 nitrogen and oxygen atoms in total. The zero-order chi connectivity index (χ0) is 10.1. The van der Waals surface area contributed by atoms with E-state index in [0.717, 1.165) is 12.8 Å². The van der Waals surface area contributed by atoms with E-state index in [2.05, 4.69) is 15.3 Å². The van der Waals surface area contributed by atoms with Crippen molar-refractivity contribution >= 4 is 18.1 Å². The Morgan fingerprint density at radius 3 is 2.77 bits per heavy atom. The molecule has 0 aromatic rings. The minimum absolute atomic E-state index is 0.0690. The lowest BCUT2D eigenvalue weighted by atomic mass is 10.4. The van der Waals surface area contributed by atoms with Crippen LogP contribution in [-0.4, -0.2) is 38.2 Å². The Hall–Kier alpha value is -1.43. The molecule has 0 radical (unpaired) electrons. The predicted molar refractivity (Wildman–Crippen MR) is 52.7 cm³/mol. The molecule has 5 N–H and O–H groups in total. The SMILES string of the molecule is CN=C(N=CN)C(=O)NCCCN. The summed E-state index contributed by atoms with van der Waals surface area (Å²) in [6.45, 7) is 1.06. The van der Waals surface area contributed by atoms with Gasteiger partial charge in [-0.2, -0.15) is 0 Å². The lowest BCUT2D eigenvalue weighted by Crippen LogP contribution is -2.32. The van der Waals surface area contributed by atoms with E-state index in [0.29, 0.717) is 13.1 Å². The minimum atomic E-state index is -0.336. The second-order valence-electron chi connectivity index (χ2n) is 2.22. The topological polar surface area (TPSA) is 106 Å². The Morgan fingerprint density at radius 1 is 1.62 bits per heavy atom. The monoisotopic (exact) mass is 185 g/mol. The molecule has 0 bridgehead atoms. The Balaban J connectivity index is 3.94. The lowest BCUT2D eigenvalue weighted by Gasteiger charge is -2.01. The maximum Gasteiger partial charge on any atom is 0.288 e. The van der Waals surface area contributed by atoms with Gasteiger partial charge in [-0.1, -0.05) is 0 Å². The van der Waals surface area contributed by atoms with Crippen LogP contribution in [0.1, 0.15) is 6.42 Å². The van der Waals surface area contributed by atoms with E-state index in [-0.39, 0.29) is 11.7 Å². The van der Waals surface area contributed by atoms with Gasteiger partial charge in [0.05, 0.1) is 6.34 Å². The number of aliphatic imine (C=N–C) groups is 2. The van der Waals surface area contributed by atoms with Gasteiger partial charge in [0.25, 0.3) is 5.91 Å². The summed E-state index contributed by atoms with van der Waals surface area (Å²) in [6, 6.07) is 0. The van der Waals surface area contributed by atoms with Gasteiger partial charge < -0.3 is 16.8 Å². The highest BCUT2D eigenvalue weighted by atomic mass is 16.2. The quantitative estimate of drug-likeness (QED) is 0.282. The fourth-order valence-corrected chi connectivity index (χ4v) is 0.672. The fraction of sp³-hybridized carbons (Fsp3) is 0.571. The molecule has 0 rings (SSSR count). The Morgan fingerprint density at radius 2 is 2.31 bits per heavy atom. The fourth-order valence-electron chi connectivity index (χ4n) is 0.672. The van der Waals surface area contributed by atoms with Crippen LogP contribution in [0, 0.1) is 0 Å². The summed E-state index contributed by atoms with van der Waals surface area (Å²) in [7, 11) is 1.48. The van der Waals surface area contributed by atoms with Gasteiger partial charge in [-0.25, -0.2) is 4.99 Å². The van der Waals surface area contributed by atoms with Crippen LogP contribution in [-0.2, 0) is 4.79 Å². The highest BCUT2D eigenvalue weighted by Gasteiger charge is 2.06. The van der Waals surface area contributed by atoms with Crippen molar-refractivity contribution in [3.63, 3.8) is 0 Å². The number of nitrogens with zero attached hydrogens (tertiary/aromatic N) is 2. The molecule has 0 aromatic carbocycles. The van der Waals surface area contributed by atoms with E-state index in [1.165, 1.54) is 7.05 Å². The van der Waals surface area contributed by atoms with Gasteiger partial charge in [-0.3, -0.25) is 9.79 Å². The molecule has 0 aromatic heterocycles. The molecular weight excluding hydrogens is 170 g/mol. The van der Waals surface area contributed by atoms with Crippen molar-refractivity contribution in [1.82, 2.24) is 5.32 Å². The summed E-state index contributed by atoms with van der Waals surface area (Å²) < 4.78 is 0. The number of nitrogens with one attached hydrogen (secondary N) is 1. The maximum absolute atomic E-state index is 11.2. The molecule has 0 aliphatic heterocycles. The molecular formula is C7H15N5O. The van der Waals surface area contributed by atoms with Crippen molar-refractivity contribution in [3.05, 3.63) is 0 Å². The van der Waals surface area contributed by atoms with Crippen LogP contribution in [0.4, 0.5) is 0 Å². The number of carbonyl (C=O) groups is 1. The van der Waals surface area contributed by atoms with Crippen LogP contribution in [0.3, 0.4) is 0 Å². The number of amidine groups is 1. The Labute approximate surface area is 77.1 Å². The molecule has 0 saturated heterocycles. The van der Waals surface area contributed by atoms with E-state index in [1.54, 1.807) is 0 Å². The summed E-state index contributed by atoms with van der Waals surface area (Å²) in [5.74, 6) is -0.267. The predicted octanol–water partition coefficient (Wildman–Crippen LogP) is -1.53. The molecule has 6 heteroatoms. The van der Waals surface area contributed by atoms with Crippen LogP contribution in [0.15, 0.2) is 9.98 Å². The number of carbonyl (C=O) groups excluding carboxylic acids is 1. The van der Waals surface area contributed by atoms with E-state index in [1.807, 2.05) is 0 Å². The van der Waals surface area contributed by atoms with Gasteiger partial charge >= 0.3 is 0 Å².